The lowest BCUT2D eigenvalue weighted by Gasteiger charge is -2.19. The Morgan fingerprint density at radius 1 is 1.10 bits per heavy atom. The van der Waals surface area contributed by atoms with E-state index >= 15 is 0 Å². The highest BCUT2D eigenvalue weighted by molar-refractivity contribution is 7.89. The Bertz CT molecular complexity index is 1110. The summed E-state index contributed by atoms with van der Waals surface area (Å²) in [5.74, 6) is 1.77. The summed E-state index contributed by atoms with van der Waals surface area (Å²) >= 11 is 0. The van der Waals surface area contributed by atoms with Crippen LogP contribution in [0.3, 0.4) is 0 Å². The van der Waals surface area contributed by atoms with E-state index in [-0.39, 0.29) is 4.90 Å². The third kappa shape index (κ3) is 4.44. The molecule has 1 aromatic carbocycles. The molecular weight excluding hydrogens is 400 g/mol. The number of unbranched alkanes of at least 4 members (excludes halogenated alkanes) is 1. The Kier molecular flexibility index (Phi) is 6.67. The van der Waals surface area contributed by atoms with Gasteiger partial charge in [-0.05, 0) is 43.2 Å². The number of hydrogen-bond acceptors (Lipinski definition) is 5. The number of hydrogen-bond donors (Lipinski definition) is 0. The molecule has 30 heavy (non-hydrogen) atoms. The van der Waals surface area contributed by atoms with Crippen LogP contribution in [0.1, 0.15) is 31.0 Å². The van der Waals surface area contributed by atoms with Crippen molar-refractivity contribution < 1.29 is 13.2 Å². The number of nitrogens with zero attached hydrogens (tertiary/aromatic N) is 4. The molecule has 0 bridgehead atoms. The molecule has 2 heterocycles. The van der Waals surface area contributed by atoms with Crippen LogP contribution in [-0.2, 0) is 16.6 Å². The first-order chi connectivity index (χ1) is 14.3. The van der Waals surface area contributed by atoms with Crippen LogP contribution in [0.5, 0.6) is 5.75 Å². The summed E-state index contributed by atoms with van der Waals surface area (Å²) in [4.78, 5) is 7.23. The fraction of sp³-hybridized carbons (Fsp3) is 0.409. The van der Waals surface area contributed by atoms with Gasteiger partial charge in [-0.25, -0.2) is 17.7 Å². The Balaban J connectivity index is 1.80. The van der Waals surface area contributed by atoms with Gasteiger partial charge in [-0.15, -0.1) is 0 Å². The van der Waals surface area contributed by atoms with Crippen molar-refractivity contribution in [2.45, 2.75) is 38.2 Å². The summed E-state index contributed by atoms with van der Waals surface area (Å²) in [5, 5.41) is 0. The van der Waals surface area contributed by atoms with Gasteiger partial charge in [0.1, 0.15) is 12.4 Å². The zero-order valence-electron chi connectivity index (χ0n) is 18.3. The number of aryl methyl sites for hydroxylation is 1. The molecule has 0 saturated carbocycles. The summed E-state index contributed by atoms with van der Waals surface area (Å²) in [5.41, 5.74) is 2.63. The topological polar surface area (TPSA) is 67.2 Å². The molecule has 162 valence electrons. The second-order valence-electron chi connectivity index (χ2n) is 7.58. The van der Waals surface area contributed by atoms with Crippen molar-refractivity contribution in [2.75, 3.05) is 32.6 Å². The SMILES string of the molecule is CCCCN(C)c1c(C)nc2c(OCc3ccc(S(=O)(=O)N(C)C)cc3)cccn12. The molecule has 0 fully saturated rings. The number of anilines is 1. The highest BCUT2D eigenvalue weighted by atomic mass is 32.2. The van der Waals surface area contributed by atoms with E-state index in [1.165, 1.54) is 18.4 Å². The predicted octanol–water partition coefficient (Wildman–Crippen LogP) is 3.71. The number of sulfonamides is 1. The van der Waals surface area contributed by atoms with Gasteiger partial charge in [-0.3, -0.25) is 4.40 Å². The Labute approximate surface area is 179 Å². The van der Waals surface area contributed by atoms with E-state index in [4.69, 9.17) is 9.72 Å². The second-order valence-corrected chi connectivity index (χ2v) is 9.73. The van der Waals surface area contributed by atoms with Gasteiger partial charge in [-0.1, -0.05) is 25.5 Å². The first kappa shape index (κ1) is 22.1. The molecule has 0 radical (unpaired) electrons. The fourth-order valence-corrected chi connectivity index (χ4v) is 4.25. The van der Waals surface area contributed by atoms with Crippen molar-refractivity contribution in [1.82, 2.24) is 13.7 Å². The molecule has 0 aliphatic rings. The zero-order chi connectivity index (χ0) is 21.9. The Morgan fingerprint density at radius 2 is 1.80 bits per heavy atom. The van der Waals surface area contributed by atoms with Gasteiger partial charge >= 0.3 is 0 Å². The molecule has 8 heteroatoms. The summed E-state index contributed by atoms with van der Waals surface area (Å²) < 4.78 is 33.7. The number of imidazole rings is 1. The molecule has 0 saturated heterocycles. The van der Waals surface area contributed by atoms with Crippen molar-refractivity contribution in [2.24, 2.45) is 0 Å². The highest BCUT2D eigenvalue weighted by Gasteiger charge is 2.17. The maximum absolute atomic E-state index is 12.2. The molecule has 3 aromatic rings. The molecule has 7 nitrogen and oxygen atoms in total. The van der Waals surface area contributed by atoms with Crippen LogP contribution in [0.15, 0.2) is 47.5 Å². The normalized spacial score (nSPS) is 11.9. The third-order valence-corrected chi connectivity index (χ3v) is 6.89. The number of rotatable bonds is 9. The number of pyridine rings is 1. The van der Waals surface area contributed by atoms with Crippen LogP contribution in [-0.4, -0.2) is 49.8 Å². The molecule has 0 N–H and O–H groups in total. The average molecular weight is 431 g/mol. The predicted molar refractivity (Wildman–Crippen MR) is 120 cm³/mol. The minimum Gasteiger partial charge on any atom is -0.485 e. The van der Waals surface area contributed by atoms with Crippen LogP contribution in [0.25, 0.3) is 5.65 Å². The summed E-state index contributed by atoms with van der Waals surface area (Å²) in [6.07, 6.45) is 4.27. The minimum absolute atomic E-state index is 0.266. The van der Waals surface area contributed by atoms with Crippen molar-refractivity contribution in [3.8, 4) is 5.75 Å². The lowest BCUT2D eigenvalue weighted by Crippen LogP contribution is -2.22. The monoisotopic (exact) mass is 430 g/mol. The zero-order valence-corrected chi connectivity index (χ0v) is 19.1. The number of benzene rings is 1. The first-order valence-electron chi connectivity index (χ1n) is 10.1. The van der Waals surface area contributed by atoms with Crippen LogP contribution < -0.4 is 9.64 Å². The maximum Gasteiger partial charge on any atom is 0.242 e. The fourth-order valence-electron chi connectivity index (χ4n) is 3.35. The van der Waals surface area contributed by atoms with Crippen LogP contribution in [0.4, 0.5) is 5.82 Å². The van der Waals surface area contributed by atoms with E-state index in [2.05, 4.69) is 23.3 Å². The van der Waals surface area contributed by atoms with E-state index in [1.54, 1.807) is 24.3 Å². The van der Waals surface area contributed by atoms with Gasteiger partial charge in [-0.2, -0.15) is 0 Å². The van der Waals surface area contributed by atoms with Crippen LogP contribution in [0.2, 0.25) is 0 Å². The molecule has 2 aromatic heterocycles. The van der Waals surface area contributed by atoms with Crippen molar-refractivity contribution >= 4 is 21.5 Å². The van der Waals surface area contributed by atoms with Gasteiger partial charge < -0.3 is 9.64 Å². The van der Waals surface area contributed by atoms with E-state index in [9.17, 15) is 8.42 Å². The Morgan fingerprint density at radius 3 is 2.43 bits per heavy atom. The molecule has 0 unspecified atom stereocenters. The number of aromatic nitrogens is 2. The Hall–Kier alpha value is -2.58. The number of ether oxygens (including phenoxy) is 1. The molecular formula is C22H30N4O3S. The summed E-state index contributed by atoms with van der Waals surface area (Å²) in [6, 6.07) is 10.6. The van der Waals surface area contributed by atoms with Crippen molar-refractivity contribution in [3.63, 3.8) is 0 Å². The molecule has 0 amide bonds. The molecule has 0 atom stereocenters. The second kappa shape index (κ2) is 9.06. The quantitative estimate of drug-likeness (QED) is 0.518. The lowest BCUT2D eigenvalue weighted by molar-refractivity contribution is 0.308. The standard InChI is InChI=1S/C22H30N4O3S/c1-6-7-14-25(5)22-17(2)23-21-20(9-8-15-26(21)22)29-16-18-10-12-19(13-11-18)30(27,28)24(3)4/h8-13,15H,6-7,14,16H2,1-5H3. The molecule has 0 aliphatic carbocycles. The van der Waals surface area contributed by atoms with Gasteiger partial charge in [0.05, 0.1) is 10.6 Å². The molecule has 0 spiro atoms. The summed E-state index contributed by atoms with van der Waals surface area (Å²) in [6.45, 7) is 5.50. The van der Waals surface area contributed by atoms with Gasteiger partial charge in [0.2, 0.25) is 10.0 Å². The van der Waals surface area contributed by atoms with Crippen molar-refractivity contribution in [3.05, 3.63) is 53.9 Å². The van der Waals surface area contributed by atoms with Gasteiger partial charge in [0, 0.05) is 33.9 Å². The van der Waals surface area contributed by atoms with E-state index < -0.39 is 10.0 Å². The maximum atomic E-state index is 12.2. The van der Waals surface area contributed by atoms with E-state index in [0.717, 1.165) is 42.1 Å². The lowest BCUT2D eigenvalue weighted by atomic mass is 10.2. The van der Waals surface area contributed by atoms with E-state index in [0.29, 0.717) is 12.4 Å². The van der Waals surface area contributed by atoms with Crippen molar-refractivity contribution in [1.29, 1.82) is 0 Å². The summed E-state index contributed by atoms with van der Waals surface area (Å²) in [7, 11) is 1.70. The van der Waals surface area contributed by atoms with Crippen LogP contribution in [0, 0.1) is 6.92 Å². The highest BCUT2D eigenvalue weighted by Crippen LogP contribution is 2.28. The molecule has 0 aliphatic heterocycles. The van der Waals surface area contributed by atoms with Gasteiger partial charge in [0.15, 0.2) is 11.4 Å². The largest absolute Gasteiger partial charge is 0.485 e. The minimum atomic E-state index is -3.43. The third-order valence-electron chi connectivity index (χ3n) is 5.06. The average Bonchev–Trinajstić information content (AvgIpc) is 3.07. The first-order valence-corrected chi connectivity index (χ1v) is 11.5. The van der Waals surface area contributed by atoms with E-state index in [1.807, 2.05) is 25.3 Å². The number of fused-ring (bicyclic) bond motifs is 1. The van der Waals surface area contributed by atoms with Crippen LogP contribution >= 0.6 is 0 Å². The van der Waals surface area contributed by atoms with Gasteiger partial charge in [0.25, 0.3) is 0 Å². The smallest absolute Gasteiger partial charge is 0.242 e. The molecule has 3 rings (SSSR count).